The fourth-order valence-electron chi connectivity index (χ4n) is 2.17. The third kappa shape index (κ3) is 6.09. The summed E-state index contributed by atoms with van der Waals surface area (Å²) in [5, 5.41) is 12.9. The number of nitro groups is 1. The number of aromatic nitrogens is 1. The van der Waals surface area contributed by atoms with Gasteiger partial charge in [0.1, 0.15) is 10.8 Å². The molecule has 29 heavy (non-hydrogen) atoms. The first kappa shape index (κ1) is 22.5. The van der Waals surface area contributed by atoms with Gasteiger partial charge in [0.15, 0.2) is 0 Å². The number of alkyl halides is 3. The zero-order valence-electron chi connectivity index (χ0n) is 14.4. The zero-order chi connectivity index (χ0) is 21.8. The molecule has 8 nitrogen and oxygen atoms in total. The molecule has 0 spiro atoms. The van der Waals surface area contributed by atoms with Gasteiger partial charge in [-0.3, -0.25) is 14.9 Å². The Balaban J connectivity index is 1.90. The number of nitro benzene ring substituents is 1. The van der Waals surface area contributed by atoms with Gasteiger partial charge in [-0.15, -0.1) is 0 Å². The molecule has 0 saturated carbocycles. The molecular weight excluding hydrogens is 440 g/mol. The van der Waals surface area contributed by atoms with E-state index in [4.69, 9.17) is 33.7 Å². The SMILES string of the molecule is Nc1cc(Cl)c(C(=O)NCCCOc2cc(C(F)(F)F)cc(Cl)n2)cc1[N+](=O)[O-]. The monoisotopic (exact) mass is 452 g/mol. The number of nitrogen functional groups attached to an aromatic ring is 1. The van der Waals surface area contributed by atoms with Crippen LogP contribution in [0.15, 0.2) is 24.3 Å². The van der Waals surface area contributed by atoms with E-state index in [1.54, 1.807) is 0 Å². The van der Waals surface area contributed by atoms with Gasteiger partial charge >= 0.3 is 6.18 Å². The summed E-state index contributed by atoms with van der Waals surface area (Å²) in [5.41, 5.74) is 3.69. The molecule has 1 aromatic heterocycles. The number of amides is 1. The number of ether oxygens (including phenoxy) is 1. The molecule has 0 fully saturated rings. The predicted molar refractivity (Wildman–Crippen MR) is 99.2 cm³/mol. The minimum atomic E-state index is -4.60. The Hall–Kier alpha value is -2.79. The number of anilines is 1. The minimum Gasteiger partial charge on any atom is -0.478 e. The van der Waals surface area contributed by atoms with E-state index in [2.05, 4.69) is 10.3 Å². The normalized spacial score (nSPS) is 11.2. The lowest BCUT2D eigenvalue weighted by Crippen LogP contribution is -2.26. The molecule has 156 valence electrons. The molecule has 13 heteroatoms. The van der Waals surface area contributed by atoms with Gasteiger partial charge in [0.25, 0.3) is 11.6 Å². The lowest BCUT2D eigenvalue weighted by atomic mass is 10.1. The van der Waals surface area contributed by atoms with Crippen LogP contribution in [0.5, 0.6) is 5.88 Å². The Kier molecular flexibility index (Phi) is 7.09. The molecule has 1 amide bonds. The van der Waals surface area contributed by atoms with Crippen molar-refractivity contribution in [3.05, 3.63) is 55.7 Å². The van der Waals surface area contributed by atoms with Crippen molar-refractivity contribution in [1.29, 1.82) is 0 Å². The van der Waals surface area contributed by atoms with Crippen molar-refractivity contribution in [1.82, 2.24) is 10.3 Å². The van der Waals surface area contributed by atoms with Crippen LogP contribution in [0.2, 0.25) is 10.2 Å². The first-order valence-electron chi connectivity index (χ1n) is 7.88. The van der Waals surface area contributed by atoms with E-state index in [1.165, 1.54) is 0 Å². The average Bonchev–Trinajstić information content (AvgIpc) is 2.59. The summed E-state index contributed by atoms with van der Waals surface area (Å²) >= 11 is 11.4. The summed E-state index contributed by atoms with van der Waals surface area (Å²) in [6.45, 7) is -0.0133. The molecule has 1 aromatic carbocycles. The highest BCUT2D eigenvalue weighted by Crippen LogP contribution is 2.32. The summed E-state index contributed by atoms with van der Waals surface area (Å²) in [5.74, 6) is -0.994. The van der Waals surface area contributed by atoms with Crippen molar-refractivity contribution >= 4 is 40.5 Å². The van der Waals surface area contributed by atoms with Crippen LogP contribution in [-0.2, 0) is 6.18 Å². The molecule has 0 aliphatic rings. The Morgan fingerprint density at radius 1 is 1.28 bits per heavy atom. The van der Waals surface area contributed by atoms with E-state index in [1.807, 2.05) is 0 Å². The predicted octanol–water partition coefficient (Wildman–Crippen LogP) is 4.10. The van der Waals surface area contributed by atoms with Crippen LogP contribution in [-0.4, -0.2) is 29.0 Å². The van der Waals surface area contributed by atoms with Crippen LogP contribution in [0.25, 0.3) is 0 Å². The summed E-state index contributed by atoms with van der Waals surface area (Å²) < 4.78 is 43.3. The molecule has 0 aliphatic carbocycles. The average molecular weight is 453 g/mol. The quantitative estimate of drug-likeness (QED) is 0.214. The van der Waals surface area contributed by atoms with Gasteiger partial charge in [0.05, 0.1) is 27.7 Å². The number of carbonyl (C=O) groups excluding carboxylic acids is 1. The Morgan fingerprint density at radius 2 is 1.97 bits per heavy atom. The topological polar surface area (TPSA) is 120 Å². The van der Waals surface area contributed by atoms with Crippen LogP contribution in [0.4, 0.5) is 24.5 Å². The number of halogens is 5. The van der Waals surface area contributed by atoms with Crippen LogP contribution in [0.1, 0.15) is 22.3 Å². The number of benzene rings is 1. The van der Waals surface area contributed by atoms with Gasteiger partial charge in [0.2, 0.25) is 5.88 Å². The number of hydrogen-bond donors (Lipinski definition) is 2. The molecular formula is C16H13Cl2F3N4O4. The largest absolute Gasteiger partial charge is 0.478 e. The van der Waals surface area contributed by atoms with Crippen molar-refractivity contribution in [3.8, 4) is 5.88 Å². The lowest BCUT2D eigenvalue weighted by Gasteiger charge is -2.11. The highest BCUT2D eigenvalue weighted by atomic mass is 35.5. The second-order valence-corrected chi connectivity index (χ2v) is 6.41. The maximum atomic E-state index is 12.7. The number of rotatable bonds is 7. The highest BCUT2D eigenvalue weighted by molar-refractivity contribution is 6.34. The Morgan fingerprint density at radius 3 is 2.59 bits per heavy atom. The van der Waals surface area contributed by atoms with Crippen molar-refractivity contribution in [2.45, 2.75) is 12.6 Å². The first-order valence-corrected chi connectivity index (χ1v) is 8.64. The third-order valence-electron chi connectivity index (χ3n) is 3.51. The van der Waals surface area contributed by atoms with Crippen molar-refractivity contribution in [2.24, 2.45) is 0 Å². The third-order valence-corrected chi connectivity index (χ3v) is 4.02. The molecule has 0 bridgehead atoms. The molecule has 1 heterocycles. The molecule has 0 atom stereocenters. The number of nitrogens with two attached hydrogens (primary N) is 1. The highest BCUT2D eigenvalue weighted by Gasteiger charge is 2.31. The number of nitrogens with zero attached hydrogens (tertiary/aromatic N) is 2. The van der Waals surface area contributed by atoms with Crippen LogP contribution in [0, 0.1) is 10.1 Å². The number of carbonyl (C=O) groups is 1. The second kappa shape index (κ2) is 9.14. The maximum Gasteiger partial charge on any atom is 0.416 e. The minimum absolute atomic E-state index is 0.0556. The van der Waals surface area contributed by atoms with E-state index in [0.29, 0.717) is 12.1 Å². The van der Waals surface area contributed by atoms with Crippen molar-refractivity contribution in [3.63, 3.8) is 0 Å². The van der Waals surface area contributed by atoms with E-state index < -0.39 is 28.3 Å². The molecule has 2 aromatic rings. The van der Waals surface area contributed by atoms with E-state index in [9.17, 15) is 28.1 Å². The molecule has 2 rings (SSSR count). The van der Waals surface area contributed by atoms with Crippen LogP contribution >= 0.6 is 23.2 Å². The number of nitrogens with one attached hydrogen (secondary N) is 1. The number of pyridine rings is 1. The van der Waals surface area contributed by atoms with Crippen LogP contribution < -0.4 is 15.8 Å². The molecule has 0 radical (unpaired) electrons. The van der Waals surface area contributed by atoms with Gasteiger partial charge in [-0.05, 0) is 18.6 Å². The first-order chi connectivity index (χ1) is 13.5. The second-order valence-electron chi connectivity index (χ2n) is 5.62. The van der Waals surface area contributed by atoms with Gasteiger partial charge in [-0.25, -0.2) is 4.98 Å². The molecule has 0 saturated heterocycles. The lowest BCUT2D eigenvalue weighted by molar-refractivity contribution is -0.383. The fourth-order valence-corrected chi connectivity index (χ4v) is 2.62. The van der Waals surface area contributed by atoms with Gasteiger partial charge < -0.3 is 15.8 Å². The van der Waals surface area contributed by atoms with Crippen molar-refractivity contribution < 1.29 is 27.6 Å². The standard InChI is InChI=1S/C16H13Cl2F3N4O4/c17-10-7-11(22)12(25(27)28)6-9(10)15(26)23-2-1-3-29-14-5-8(16(19,20)21)4-13(18)24-14/h4-7H,1-3,22H2,(H,23,26). The van der Waals surface area contributed by atoms with Crippen LogP contribution in [0.3, 0.4) is 0 Å². The fraction of sp³-hybridized carbons (Fsp3) is 0.250. The molecule has 3 N–H and O–H groups in total. The zero-order valence-corrected chi connectivity index (χ0v) is 15.9. The molecule has 0 aliphatic heterocycles. The van der Waals surface area contributed by atoms with E-state index in [-0.39, 0.29) is 46.9 Å². The van der Waals surface area contributed by atoms with E-state index in [0.717, 1.165) is 12.1 Å². The summed E-state index contributed by atoms with van der Waals surface area (Å²) in [4.78, 5) is 25.9. The van der Waals surface area contributed by atoms with E-state index >= 15 is 0 Å². The Bertz CT molecular complexity index is 941. The summed E-state index contributed by atoms with van der Waals surface area (Å²) in [7, 11) is 0. The van der Waals surface area contributed by atoms with Gasteiger partial charge in [-0.2, -0.15) is 13.2 Å². The summed E-state index contributed by atoms with van der Waals surface area (Å²) in [6, 6.07) is 3.43. The summed E-state index contributed by atoms with van der Waals surface area (Å²) in [6.07, 6.45) is -4.39. The number of hydrogen-bond acceptors (Lipinski definition) is 6. The molecule has 0 unspecified atom stereocenters. The smallest absolute Gasteiger partial charge is 0.416 e. The van der Waals surface area contributed by atoms with Gasteiger partial charge in [0, 0.05) is 18.7 Å². The Labute approximate surface area is 171 Å². The van der Waals surface area contributed by atoms with Gasteiger partial charge in [-0.1, -0.05) is 23.2 Å². The van der Waals surface area contributed by atoms with Crippen molar-refractivity contribution in [2.75, 3.05) is 18.9 Å². The maximum absolute atomic E-state index is 12.7.